The predicted molar refractivity (Wildman–Crippen MR) is 214 cm³/mol. The maximum absolute atomic E-state index is 12.4. The summed E-state index contributed by atoms with van der Waals surface area (Å²) >= 11 is 0. The van der Waals surface area contributed by atoms with Crippen LogP contribution in [-0.4, -0.2) is 56.5 Å². The highest BCUT2D eigenvalue weighted by Gasteiger charge is 2.15. The van der Waals surface area contributed by atoms with Crippen LogP contribution in [0, 0.1) is 0 Å². The van der Waals surface area contributed by atoms with Crippen molar-refractivity contribution in [3.05, 3.63) is 36.5 Å². The molecule has 0 rings (SSSR count). The van der Waals surface area contributed by atoms with Gasteiger partial charge in [0.05, 0.1) is 6.61 Å². The molecule has 0 aliphatic carbocycles. The van der Waals surface area contributed by atoms with Gasteiger partial charge in [-0.3, -0.25) is 4.79 Å². The van der Waals surface area contributed by atoms with Gasteiger partial charge in [0.15, 0.2) is 0 Å². The standard InChI is InChI=1S/C44H81NO5/c1-6-8-10-12-13-14-15-16-17-18-19-20-23-27-31-37-43(50-44(47)48-40-34-33-39-45(4)5)38-32-28-25-22-21-24-26-30-36-42(49-41(3)46)35-29-11-9-7-2/h13-14,16-17,26,30,42-43H,6-12,15,18-25,27-29,31-40H2,1-5H3/b14-13-,17-16-,30-26-/t42-,43?/m1/s1. The zero-order valence-corrected chi connectivity index (χ0v) is 33.6. The number of allylic oxidation sites excluding steroid dienone is 5. The number of unbranched alkanes of at least 4 members (excludes halogenated alkanes) is 17. The molecule has 0 heterocycles. The lowest BCUT2D eigenvalue weighted by Gasteiger charge is -2.18. The van der Waals surface area contributed by atoms with Crippen molar-refractivity contribution in [2.45, 2.75) is 206 Å². The van der Waals surface area contributed by atoms with Crippen LogP contribution < -0.4 is 0 Å². The Morgan fingerprint density at radius 3 is 1.58 bits per heavy atom. The highest BCUT2D eigenvalue weighted by Crippen LogP contribution is 2.18. The van der Waals surface area contributed by atoms with E-state index in [2.05, 4.69) is 69.3 Å². The molecule has 0 saturated carbocycles. The van der Waals surface area contributed by atoms with E-state index < -0.39 is 6.16 Å². The Morgan fingerprint density at radius 2 is 1.02 bits per heavy atom. The Kier molecular flexibility index (Phi) is 36.6. The summed E-state index contributed by atoms with van der Waals surface area (Å²) in [6.45, 7) is 7.41. The van der Waals surface area contributed by atoms with Crippen LogP contribution in [0.5, 0.6) is 0 Å². The van der Waals surface area contributed by atoms with Crippen molar-refractivity contribution in [1.29, 1.82) is 0 Å². The third-order valence-corrected chi connectivity index (χ3v) is 9.13. The lowest BCUT2D eigenvalue weighted by atomic mass is 10.0. The van der Waals surface area contributed by atoms with E-state index in [1.165, 1.54) is 103 Å². The summed E-state index contributed by atoms with van der Waals surface area (Å²) in [5.41, 5.74) is 0. The van der Waals surface area contributed by atoms with Crippen LogP contribution in [0.25, 0.3) is 0 Å². The summed E-state index contributed by atoms with van der Waals surface area (Å²) in [5.74, 6) is -0.176. The molecule has 1 unspecified atom stereocenters. The maximum Gasteiger partial charge on any atom is 0.508 e. The number of nitrogens with zero attached hydrogens (tertiary/aromatic N) is 1. The second-order valence-electron chi connectivity index (χ2n) is 14.5. The van der Waals surface area contributed by atoms with Gasteiger partial charge < -0.3 is 19.1 Å². The molecule has 0 aromatic carbocycles. The number of ether oxygens (including phenoxy) is 3. The van der Waals surface area contributed by atoms with Gasteiger partial charge in [-0.2, -0.15) is 0 Å². The molecular weight excluding hydrogens is 622 g/mol. The van der Waals surface area contributed by atoms with Crippen molar-refractivity contribution in [2.75, 3.05) is 27.2 Å². The fourth-order valence-electron chi connectivity index (χ4n) is 6.09. The summed E-state index contributed by atoms with van der Waals surface area (Å²) in [6, 6.07) is 0. The lowest BCUT2D eigenvalue weighted by molar-refractivity contribution is -0.146. The van der Waals surface area contributed by atoms with E-state index in [1.807, 2.05) is 0 Å². The van der Waals surface area contributed by atoms with Crippen molar-refractivity contribution < 1.29 is 23.8 Å². The predicted octanol–water partition coefficient (Wildman–Crippen LogP) is 13.2. The number of rotatable bonds is 36. The van der Waals surface area contributed by atoms with E-state index in [1.54, 1.807) is 0 Å². The van der Waals surface area contributed by atoms with Crippen molar-refractivity contribution in [3.63, 3.8) is 0 Å². The second kappa shape index (κ2) is 38.2. The first-order chi connectivity index (χ1) is 24.4. The van der Waals surface area contributed by atoms with E-state index in [4.69, 9.17) is 14.2 Å². The smallest absolute Gasteiger partial charge is 0.462 e. The minimum absolute atomic E-state index is 0.0148. The fourth-order valence-corrected chi connectivity index (χ4v) is 6.09. The highest BCUT2D eigenvalue weighted by molar-refractivity contribution is 5.66. The van der Waals surface area contributed by atoms with Gasteiger partial charge in [0.2, 0.25) is 0 Å². The maximum atomic E-state index is 12.4. The van der Waals surface area contributed by atoms with Gasteiger partial charge in [0.1, 0.15) is 12.2 Å². The largest absolute Gasteiger partial charge is 0.508 e. The Bertz CT molecular complexity index is 836. The quantitative estimate of drug-likeness (QED) is 0.0368. The molecule has 6 heteroatoms. The highest BCUT2D eigenvalue weighted by atomic mass is 16.7. The normalized spacial score (nSPS) is 13.2. The van der Waals surface area contributed by atoms with Gasteiger partial charge in [-0.05, 0) is 117 Å². The molecular formula is C44H81NO5. The minimum Gasteiger partial charge on any atom is -0.462 e. The molecule has 0 aromatic heterocycles. The summed E-state index contributed by atoms with van der Waals surface area (Å²) in [4.78, 5) is 26.1. The molecule has 0 radical (unpaired) electrons. The number of carbonyl (C=O) groups is 2. The van der Waals surface area contributed by atoms with Gasteiger partial charge in [0, 0.05) is 13.3 Å². The first-order valence-electron chi connectivity index (χ1n) is 21.0. The minimum atomic E-state index is -0.494. The molecule has 0 aliphatic rings. The first-order valence-corrected chi connectivity index (χ1v) is 21.0. The van der Waals surface area contributed by atoms with Gasteiger partial charge in [0.25, 0.3) is 0 Å². The number of hydrogen-bond donors (Lipinski definition) is 0. The van der Waals surface area contributed by atoms with Gasteiger partial charge >= 0.3 is 12.1 Å². The van der Waals surface area contributed by atoms with Crippen LogP contribution in [0.3, 0.4) is 0 Å². The summed E-state index contributed by atoms with van der Waals surface area (Å²) < 4.78 is 16.8. The van der Waals surface area contributed by atoms with Crippen molar-refractivity contribution in [1.82, 2.24) is 4.90 Å². The van der Waals surface area contributed by atoms with Gasteiger partial charge in [-0.1, -0.05) is 121 Å². The monoisotopic (exact) mass is 704 g/mol. The summed E-state index contributed by atoms with van der Waals surface area (Å²) in [5, 5.41) is 0. The summed E-state index contributed by atoms with van der Waals surface area (Å²) in [6.07, 6.45) is 43.8. The van der Waals surface area contributed by atoms with Crippen molar-refractivity contribution in [2.24, 2.45) is 0 Å². The van der Waals surface area contributed by atoms with Crippen LogP contribution in [0.1, 0.15) is 194 Å². The third kappa shape index (κ3) is 37.2. The zero-order valence-electron chi connectivity index (χ0n) is 33.6. The van der Waals surface area contributed by atoms with E-state index in [0.29, 0.717) is 6.61 Å². The van der Waals surface area contributed by atoms with Crippen LogP contribution in [0.2, 0.25) is 0 Å². The van der Waals surface area contributed by atoms with E-state index in [0.717, 1.165) is 83.6 Å². The van der Waals surface area contributed by atoms with E-state index in [-0.39, 0.29) is 18.2 Å². The Labute approximate surface area is 310 Å². The third-order valence-electron chi connectivity index (χ3n) is 9.13. The van der Waals surface area contributed by atoms with Crippen molar-refractivity contribution in [3.8, 4) is 0 Å². The number of hydrogen-bond acceptors (Lipinski definition) is 6. The van der Waals surface area contributed by atoms with Crippen LogP contribution in [0.4, 0.5) is 4.79 Å². The molecule has 0 bridgehead atoms. The molecule has 292 valence electrons. The number of esters is 1. The van der Waals surface area contributed by atoms with Gasteiger partial charge in [-0.25, -0.2) is 4.79 Å². The second-order valence-corrected chi connectivity index (χ2v) is 14.5. The Hall–Kier alpha value is -2.08. The fraction of sp³-hybridized carbons (Fsp3) is 0.818. The van der Waals surface area contributed by atoms with Crippen LogP contribution in [0.15, 0.2) is 36.5 Å². The summed E-state index contributed by atoms with van der Waals surface area (Å²) in [7, 11) is 4.12. The first kappa shape index (κ1) is 47.9. The molecule has 2 atom stereocenters. The average molecular weight is 704 g/mol. The molecule has 0 saturated heterocycles. The molecule has 0 aliphatic heterocycles. The van der Waals surface area contributed by atoms with E-state index in [9.17, 15) is 9.59 Å². The van der Waals surface area contributed by atoms with Crippen LogP contribution in [-0.2, 0) is 19.0 Å². The Morgan fingerprint density at radius 1 is 0.540 bits per heavy atom. The van der Waals surface area contributed by atoms with Crippen LogP contribution >= 0.6 is 0 Å². The van der Waals surface area contributed by atoms with Crippen molar-refractivity contribution >= 4 is 12.1 Å². The Balaban J connectivity index is 4.29. The zero-order chi connectivity index (χ0) is 36.8. The molecule has 0 spiro atoms. The van der Waals surface area contributed by atoms with E-state index >= 15 is 0 Å². The number of carbonyl (C=O) groups excluding carboxylic acids is 2. The molecule has 6 nitrogen and oxygen atoms in total. The topological polar surface area (TPSA) is 65.1 Å². The molecule has 0 aromatic rings. The molecule has 0 N–H and O–H groups in total. The molecule has 50 heavy (non-hydrogen) atoms. The van der Waals surface area contributed by atoms with Gasteiger partial charge in [-0.15, -0.1) is 0 Å². The molecule has 0 amide bonds. The lowest BCUT2D eigenvalue weighted by Crippen LogP contribution is -2.20. The SMILES string of the molecule is CCCCC/C=C\C/C=C\CCCCCCCC(CCCCCCC/C=C\C[C@@H](CCCCCC)OC(C)=O)OC(=O)OCCCCN(C)C. The molecule has 0 fully saturated rings. The average Bonchev–Trinajstić information content (AvgIpc) is 3.08.